The van der Waals surface area contributed by atoms with E-state index >= 15 is 0 Å². The van der Waals surface area contributed by atoms with E-state index < -0.39 is 41.6 Å². The molecule has 214 valence electrons. The summed E-state index contributed by atoms with van der Waals surface area (Å²) in [4.78, 5) is 45.9. The second kappa shape index (κ2) is 10.9. The SMILES string of the molecule is Cc1ccc(C)c(N2CC=C[C@]34O[C@H]5/C=C\CCCOC(=O)[C@H]5[C@H]3C(=O)N([C@@H](CO)Cc3ccccc3)C4C2=O)c1. The number of esters is 1. The number of aliphatic hydroxyl groups is 1. The molecule has 2 fully saturated rings. The molecule has 4 heterocycles. The molecule has 0 radical (unpaired) electrons. The van der Waals surface area contributed by atoms with Crippen LogP contribution in [0.15, 0.2) is 72.8 Å². The Morgan fingerprint density at radius 1 is 1.05 bits per heavy atom. The molecule has 4 aliphatic heterocycles. The number of hydrogen-bond donors (Lipinski definition) is 1. The van der Waals surface area contributed by atoms with Crippen LogP contribution < -0.4 is 4.90 Å². The standard InChI is InChI=1S/C33H36N2O6/c1-21-13-14-22(2)25(18-21)34-16-9-15-33-28(27-26(41-33)12-7-4-8-17-40-32(27)39)30(37)35(29(33)31(34)38)24(20-36)19-23-10-5-3-6-11-23/h3,5-7,9-15,18,24,26-29,36H,4,8,16-17,19-20H2,1-2H3/b12-7-/t24-,26+,27-,28+,29?,33+/m1/s1. The number of fused-ring (bicyclic) bond motifs is 2. The molecule has 2 amide bonds. The van der Waals surface area contributed by atoms with E-state index in [-0.39, 0.29) is 31.6 Å². The molecule has 1 spiro atoms. The maximum atomic E-state index is 14.7. The van der Waals surface area contributed by atoms with Gasteiger partial charge in [-0.25, -0.2) is 0 Å². The van der Waals surface area contributed by atoms with E-state index in [2.05, 4.69) is 0 Å². The Morgan fingerprint density at radius 3 is 2.63 bits per heavy atom. The summed E-state index contributed by atoms with van der Waals surface area (Å²) >= 11 is 0. The highest BCUT2D eigenvalue weighted by Gasteiger charge is 2.72. The van der Waals surface area contributed by atoms with Gasteiger partial charge in [-0.3, -0.25) is 14.4 Å². The van der Waals surface area contributed by atoms with Gasteiger partial charge in [0.2, 0.25) is 5.91 Å². The van der Waals surface area contributed by atoms with Gasteiger partial charge in [0.1, 0.15) is 17.6 Å². The summed E-state index contributed by atoms with van der Waals surface area (Å²) in [6.07, 6.45) is 8.55. The number of carbonyl (C=O) groups excluding carboxylic acids is 3. The molecule has 2 saturated heterocycles. The third-order valence-corrected chi connectivity index (χ3v) is 8.86. The number of aryl methyl sites for hydroxylation is 2. The quantitative estimate of drug-likeness (QED) is 0.449. The van der Waals surface area contributed by atoms with Crippen molar-refractivity contribution in [1.29, 1.82) is 0 Å². The molecule has 8 heteroatoms. The molecule has 2 aromatic carbocycles. The largest absolute Gasteiger partial charge is 0.465 e. The Morgan fingerprint density at radius 2 is 1.85 bits per heavy atom. The second-order valence-electron chi connectivity index (χ2n) is 11.5. The Hall–Kier alpha value is -3.75. The maximum absolute atomic E-state index is 14.7. The van der Waals surface area contributed by atoms with Crippen molar-refractivity contribution in [2.45, 2.75) is 56.9 Å². The first-order valence-electron chi connectivity index (χ1n) is 14.4. The van der Waals surface area contributed by atoms with Crippen LogP contribution in [0, 0.1) is 25.7 Å². The van der Waals surface area contributed by atoms with Crippen molar-refractivity contribution in [2.24, 2.45) is 11.8 Å². The number of carbonyl (C=O) groups is 3. The van der Waals surface area contributed by atoms with Crippen molar-refractivity contribution in [3.63, 3.8) is 0 Å². The van der Waals surface area contributed by atoms with Crippen LogP contribution in [0.3, 0.4) is 0 Å². The van der Waals surface area contributed by atoms with E-state index in [1.54, 1.807) is 4.90 Å². The highest BCUT2D eigenvalue weighted by Crippen LogP contribution is 2.54. The van der Waals surface area contributed by atoms with Crippen LogP contribution in [0.2, 0.25) is 0 Å². The summed E-state index contributed by atoms with van der Waals surface area (Å²) in [7, 11) is 0. The number of hydrogen-bond acceptors (Lipinski definition) is 6. The molecule has 6 atom stereocenters. The molecule has 4 aliphatic rings. The lowest BCUT2D eigenvalue weighted by Crippen LogP contribution is -2.58. The Bertz CT molecular complexity index is 1400. The van der Waals surface area contributed by atoms with Gasteiger partial charge in [0.15, 0.2) is 0 Å². The van der Waals surface area contributed by atoms with Gasteiger partial charge >= 0.3 is 5.97 Å². The van der Waals surface area contributed by atoms with Gasteiger partial charge in [0, 0.05) is 12.2 Å². The fraction of sp³-hybridized carbons (Fsp3) is 0.424. The summed E-state index contributed by atoms with van der Waals surface area (Å²) in [5, 5.41) is 10.7. The molecule has 0 bridgehead atoms. The average molecular weight is 557 g/mol. The minimum Gasteiger partial charge on any atom is -0.465 e. The van der Waals surface area contributed by atoms with Crippen LogP contribution in [-0.4, -0.2) is 71.3 Å². The van der Waals surface area contributed by atoms with Crippen LogP contribution in [0.25, 0.3) is 0 Å². The smallest absolute Gasteiger partial charge is 0.312 e. The van der Waals surface area contributed by atoms with Gasteiger partial charge in [-0.2, -0.15) is 0 Å². The molecule has 6 rings (SSSR count). The van der Waals surface area contributed by atoms with Crippen molar-refractivity contribution in [3.8, 4) is 0 Å². The average Bonchev–Trinajstić information content (AvgIpc) is 3.38. The number of likely N-dealkylation sites (tertiary alicyclic amines) is 1. The molecule has 41 heavy (non-hydrogen) atoms. The van der Waals surface area contributed by atoms with Gasteiger partial charge in [0.25, 0.3) is 5.91 Å². The molecule has 0 saturated carbocycles. The van der Waals surface area contributed by atoms with Crippen molar-refractivity contribution in [3.05, 3.63) is 89.5 Å². The van der Waals surface area contributed by atoms with Crippen LogP contribution in [-0.2, 0) is 30.3 Å². The van der Waals surface area contributed by atoms with E-state index in [0.29, 0.717) is 12.8 Å². The van der Waals surface area contributed by atoms with Gasteiger partial charge in [-0.1, -0.05) is 66.8 Å². The summed E-state index contributed by atoms with van der Waals surface area (Å²) < 4.78 is 12.3. The summed E-state index contributed by atoms with van der Waals surface area (Å²) in [6.45, 7) is 4.13. The monoisotopic (exact) mass is 556 g/mol. The maximum Gasteiger partial charge on any atom is 0.312 e. The molecule has 8 nitrogen and oxygen atoms in total. The second-order valence-corrected chi connectivity index (χ2v) is 11.5. The number of benzene rings is 2. The van der Waals surface area contributed by atoms with E-state index in [1.807, 2.05) is 86.7 Å². The zero-order chi connectivity index (χ0) is 28.7. The van der Waals surface area contributed by atoms with Crippen LogP contribution in [0.4, 0.5) is 5.69 Å². The fourth-order valence-electron chi connectivity index (χ4n) is 6.95. The van der Waals surface area contributed by atoms with Crippen LogP contribution >= 0.6 is 0 Å². The Balaban J connectivity index is 1.49. The van der Waals surface area contributed by atoms with Gasteiger partial charge in [-0.15, -0.1) is 0 Å². The molecule has 1 unspecified atom stereocenters. The first-order valence-corrected chi connectivity index (χ1v) is 14.4. The highest BCUT2D eigenvalue weighted by molar-refractivity contribution is 6.06. The van der Waals surface area contributed by atoms with Gasteiger partial charge in [-0.05, 0) is 55.9 Å². The minimum atomic E-state index is -1.39. The zero-order valence-corrected chi connectivity index (χ0v) is 23.4. The minimum absolute atomic E-state index is 0.260. The first-order chi connectivity index (χ1) is 19.9. The molecule has 2 aromatic rings. The number of rotatable bonds is 5. The number of anilines is 1. The van der Waals surface area contributed by atoms with E-state index in [1.165, 1.54) is 4.90 Å². The van der Waals surface area contributed by atoms with Crippen molar-refractivity contribution >= 4 is 23.5 Å². The number of ether oxygens (including phenoxy) is 2. The Labute approximate surface area is 240 Å². The normalized spacial score (nSPS) is 30.9. The highest BCUT2D eigenvalue weighted by atomic mass is 16.6. The third-order valence-electron chi connectivity index (χ3n) is 8.86. The molecular formula is C33H36N2O6. The third kappa shape index (κ3) is 4.59. The Kier molecular flexibility index (Phi) is 7.30. The number of aliphatic hydroxyl groups excluding tert-OH is 1. The lowest BCUT2D eigenvalue weighted by Gasteiger charge is -2.39. The zero-order valence-electron chi connectivity index (χ0n) is 23.4. The molecule has 0 aliphatic carbocycles. The van der Waals surface area contributed by atoms with E-state index in [0.717, 1.165) is 28.8 Å². The first kappa shape index (κ1) is 27.4. The molecule has 0 aromatic heterocycles. The van der Waals surface area contributed by atoms with Crippen molar-refractivity contribution in [2.75, 3.05) is 24.7 Å². The summed E-state index contributed by atoms with van der Waals surface area (Å²) in [6, 6.07) is 13.8. The van der Waals surface area contributed by atoms with E-state index in [9.17, 15) is 19.5 Å². The fourth-order valence-corrected chi connectivity index (χ4v) is 6.95. The topological polar surface area (TPSA) is 96.4 Å². The van der Waals surface area contributed by atoms with E-state index in [4.69, 9.17) is 9.47 Å². The number of cyclic esters (lactones) is 1. The number of nitrogens with zero attached hydrogens (tertiary/aromatic N) is 2. The van der Waals surface area contributed by atoms with Crippen LogP contribution in [0.5, 0.6) is 0 Å². The molecule has 1 N–H and O–H groups in total. The predicted octanol–water partition coefficient (Wildman–Crippen LogP) is 3.28. The molecular weight excluding hydrogens is 520 g/mol. The lowest BCUT2D eigenvalue weighted by atomic mass is 9.78. The summed E-state index contributed by atoms with van der Waals surface area (Å²) in [5.41, 5.74) is 2.24. The number of allylic oxidation sites excluding steroid dienone is 1. The van der Waals surface area contributed by atoms with Gasteiger partial charge in [0.05, 0.1) is 31.3 Å². The van der Waals surface area contributed by atoms with Crippen molar-refractivity contribution < 1.29 is 29.0 Å². The van der Waals surface area contributed by atoms with Crippen molar-refractivity contribution in [1.82, 2.24) is 4.90 Å². The summed E-state index contributed by atoms with van der Waals surface area (Å²) in [5.74, 6) is -3.02. The van der Waals surface area contributed by atoms with Crippen LogP contribution in [0.1, 0.15) is 29.5 Å². The number of amides is 2. The van der Waals surface area contributed by atoms with Gasteiger partial charge < -0.3 is 24.4 Å². The predicted molar refractivity (Wildman–Crippen MR) is 153 cm³/mol. The lowest BCUT2D eigenvalue weighted by molar-refractivity contribution is -0.155.